The summed E-state index contributed by atoms with van der Waals surface area (Å²) in [7, 11) is 3.65. The Morgan fingerprint density at radius 2 is 2.18 bits per heavy atom. The van der Waals surface area contributed by atoms with E-state index in [1.807, 2.05) is 18.7 Å². The van der Waals surface area contributed by atoms with Crippen molar-refractivity contribution >= 4 is 11.6 Å². The van der Waals surface area contributed by atoms with Gasteiger partial charge in [0.25, 0.3) is 0 Å². The Kier molecular flexibility index (Phi) is 5.43. The number of aryl methyl sites for hydroxylation is 2. The second-order valence-corrected chi connectivity index (χ2v) is 4.66. The molecule has 1 aromatic heterocycles. The fourth-order valence-corrected chi connectivity index (χ4v) is 2.18. The van der Waals surface area contributed by atoms with Gasteiger partial charge in [-0.15, -0.1) is 0 Å². The van der Waals surface area contributed by atoms with Crippen LogP contribution in [0.3, 0.4) is 0 Å². The molecule has 1 rings (SSSR count). The van der Waals surface area contributed by atoms with E-state index in [0.717, 1.165) is 29.4 Å². The van der Waals surface area contributed by atoms with Crippen molar-refractivity contribution in [2.45, 2.75) is 39.3 Å². The zero-order chi connectivity index (χ0) is 13.0. The number of rotatable bonds is 6. The molecule has 0 bridgehead atoms. The molecule has 0 fully saturated rings. The van der Waals surface area contributed by atoms with Crippen molar-refractivity contribution in [1.29, 1.82) is 0 Å². The lowest BCUT2D eigenvalue weighted by molar-refractivity contribution is 0.0830. The zero-order valence-corrected chi connectivity index (χ0v) is 12.0. The molecule has 0 aliphatic heterocycles. The van der Waals surface area contributed by atoms with Gasteiger partial charge in [-0.1, -0.05) is 18.5 Å². The molecular weight excluding hydrogens is 238 g/mol. The maximum Gasteiger partial charge on any atom is 0.0847 e. The zero-order valence-electron chi connectivity index (χ0n) is 11.2. The molecule has 1 aromatic rings. The maximum atomic E-state index is 6.25. The number of hydrogen-bond donors (Lipinski definition) is 1. The lowest BCUT2D eigenvalue weighted by Crippen LogP contribution is -2.41. The molecule has 0 aromatic carbocycles. The van der Waals surface area contributed by atoms with E-state index in [4.69, 9.17) is 16.3 Å². The Morgan fingerprint density at radius 1 is 1.53 bits per heavy atom. The van der Waals surface area contributed by atoms with E-state index in [9.17, 15) is 0 Å². The average molecular weight is 260 g/mol. The minimum absolute atomic E-state index is 0.140. The summed E-state index contributed by atoms with van der Waals surface area (Å²) in [6, 6.07) is 0.248. The van der Waals surface area contributed by atoms with Crippen LogP contribution in [0.5, 0.6) is 0 Å². The van der Waals surface area contributed by atoms with Gasteiger partial charge in [0.2, 0.25) is 0 Å². The molecule has 5 heteroatoms. The summed E-state index contributed by atoms with van der Waals surface area (Å²) < 4.78 is 7.24. The van der Waals surface area contributed by atoms with Crippen LogP contribution < -0.4 is 5.32 Å². The predicted octanol–water partition coefficient (Wildman–Crippen LogP) is 1.94. The summed E-state index contributed by atoms with van der Waals surface area (Å²) in [6.45, 7) is 6.98. The normalized spacial score (nSPS) is 14.9. The molecule has 0 amide bonds. The van der Waals surface area contributed by atoms with Crippen molar-refractivity contribution in [1.82, 2.24) is 15.1 Å². The molecule has 0 saturated carbocycles. The van der Waals surface area contributed by atoms with Gasteiger partial charge < -0.3 is 10.1 Å². The Hall–Kier alpha value is -0.580. The first-order chi connectivity index (χ1) is 8.01. The molecule has 98 valence electrons. The highest BCUT2D eigenvalue weighted by Crippen LogP contribution is 2.21. The maximum absolute atomic E-state index is 6.25. The van der Waals surface area contributed by atoms with Crippen LogP contribution in [0.25, 0.3) is 0 Å². The number of halogens is 1. The number of nitrogens with zero attached hydrogens (tertiary/aromatic N) is 2. The number of hydrogen-bond acceptors (Lipinski definition) is 3. The second-order valence-electron chi connectivity index (χ2n) is 4.28. The lowest BCUT2D eigenvalue weighted by atomic mass is 10.1. The molecule has 0 saturated heterocycles. The topological polar surface area (TPSA) is 39.1 Å². The van der Waals surface area contributed by atoms with Crippen molar-refractivity contribution in [2.24, 2.45) is 7.05 Å². The minimum Gasteiger partial charge on any atom is -0.380 e. The number of nitrogens with one attached hydrogen (secondary N) is 1. The van der Waals surface area contributed by atoms with Crippen LogP contribution in [-0.2, 0) is 18.2 Å². The van der Waals surface area contributed by atoms with Gasteiger partial charge in [-0.05, 0) is 20.4 Å². The molecular formula is C12H22ClN3O. The summed E-state index contributed by atoms with van der Waals surface area (Å²) in [5.74, 6) is 0. The molecule has 1 heterocycles. The van der Waals surface area contributed by atoms with E-state index < -0.39 is 0 Å². The van der Waals surface area contributed by atoms with Crippen LogP contribution in [0.15, 0.2) is 0 Å². The second kappa shape index (κ2) is 6.38. The van der Waals surface area contributed by atoms with Gasteiger partial charge in [0.1, 0.15) is 0 Å². The summed E-state index contributed by atoms with van der Waals surface area (Å²) in [6.07, 6.45) is 0.958. The largest absolute Gasteiger partial charge is 0.380 e. The van der Waals surface area contributed by atoms with Gasteiger partial charge in [-0.25, -0.2) is 0 Å². The van der Waals surface area contributed by atoms with Gasteiger partial charge >= 0.3 is 0 Å². The molecule has 2 atom stereocenters. The van der Waals surface area contributed by atoms with Crippen molar-refractivity contribution in [3.8, 4) is 0 Å². The summed E-state index contributed by atoms with van der Waals surface area (Å²) in [5, 5.41) is 8.51. The highest BCUT2D eigenvalue weighted by molar-refractivity contribution is 6.31. The molecule has 0 spiro atoms. The van der Waals surface area contributed by atoms with Crippen LogP contribution in [0.1, 0.15) is 25.2 Å². The summed E-state index contributed by atoms with van der Waals surface area (Å²) in [4.78, 5) is 0. The Balaban J connectivity index is 2.85. The van der Waals surface area contributed by atoms with Gasteiger partial charge in [-0.3, -0.25) is 4.68 Å². The monoisotopic (exact) mass is 259 g/mol. The van der Waals surface area contributed by atoms with E-state index in [1.165, 1.54) is 0 Å². The van der Waals surface area contributed by atoms with E-state index in [0.29, 0.717) is 0 Å². The van der Waals surface area contributed by atoms with Gasteiger partial charge in [-0.2, -0.15) is 5.10 Å². The Bertz CT molecular complexity index is 365. The predicted molar refractivity (Wildman–Crippen MR) is 70.6 cm³/mol. The summed E-state index contributed by atoms with van der Waals surface area (Å²) in [5.41, 5.74) is 1.93. The molecule has 0 aliphatic carbocycles. The van der Waals surface area contributed by atoms with Crippen molar-refractivity contribution in [2.75, 3.05) is 13.7 Å². The number of methoxy groups -OCH3 is 1. The van der Waals surface area contributed by atoms with Crippen LogP contribution in [-0.4, -0.2) is 35.6 Å². The standard InChI is InChI=1S/C12H22ClN3O/c1-6-14-10(9(3)17-5)7-11-12(13)8(2)15-16(11)4/h9-10,14H,6-7H2,1-5H3. The molecule has 2 unspecified atom stereocenters. The molecule has 1 N–H and O–H groups in total. The van der Waals surface area contributed by atoms with Gasteiger partial charge in [0.05, 0.1) is 22.5 Å². The third kappa shape index (κ3) is 3.44. The van der Waals surface area contributed by atoms with Crippen LogP contribution in [0.2, 0.25) is 5.02 Å². The fourth-order valence-electron chi connectivity index (χ4n) is 1.94. The van der Waals surface area contributed by atoms with Crippen LogP contribution in [0.4, 0.5) is 0 Å². The van der Waals surface area contributed by atoms with E-state index in [-0.39, 0.29) is 12.1 Å². The van der Waals surface area contributed by atoms with E-state index in [2.05, 4.69) is 24.3 Å². The van der Waals surface area contributed by atoms with Gasteiger partial charge in [0, 0.05) is 26.6 Å². The summed E-state index contributed by atoms with van der Waals surface area (Å²) >= 11 is 6.25. The van der Waals surface area contributed by atoms with Gasteiger partial charge in [0.15, 0.2) is 0 Å². The lowest BCUT2D eigenvalue weighted by Gasteiger charge is -2.23. The first-order valence-corrected chi connectivity index (χ1v) is 6.33. The number of ether oxygens (including phenoxy) is 1. The van der Waals surface area contributed by atoms with Crippen LogP contribution in [0, 0.1) is 6.92 Å². The Labute approximate surface area is 108 Å². The first-order valence-electron chi connectivity index (χ1n) is 5.95. The van der Waals surface area contributed by atoms with Crippen LogP contribution >= 0.6 is 11.6 Å². The van der Waals surface area contributed by atoms with E-state index >= 15 is 0 Å². The first kappa shape index (κ1) is 14.5. The third-order valence-electron chi connectivity index (χ3n) is 3.08. The average Bonchev–Trinajstić information content (AvgIpc) is 2.54. The number of aromatic nitrogens is 2. The third-order valence-corrected chi connectivity index (χ3v) is 3.57. The molecule has 0 radical (unpaired) electrons. The molecule has 17 heavy (non-hydrogen) atoms. The van der Waals surface area contributed by atoms with Crippen molar-refractivity contribution < 1.29 is 4.74 Å². The van der Waals surface area contributed by atoms with Crippen molar-refractivity contribution in [3.63, 3.8) is 0 Å². The highest BCUT2D eigenvalue weighted by atomic mass is 35.5. The molecule has 4 nitrogen and oxygen atoms in total. The smallest absolute Gasteiger partial charge is 0.0847 e. The number of likely N-dealkylation sites (N-methyl/N-ethyl adjacent to an activating group) is 1. The van der Waals surface area contributed by atoms with E-state index in [1.54, 1.807) is 7.11 Å². The fraction of sp³-hybridized carbons (Fsp3) is 0.750. The highest BCUT2D eigenvalue weighted by Gasteiger charge is 2.21. The minimum atomic E-state index is 0.140. The quantitative estimate of drug-likeness (QED) is 0.849. The SMILES string of the molecule is CCNC(Cc1c(Cl)c(C)nn1C)C(C)OC. The Morgan fingerprint density at radius 3 is 2.59 bits per heavy atom. The van der Waals surface area contributed by atoms with Crippen molar-refractivity contribution in [3.05, 3.63) is 16.4 Å². The molecule has 0 aliphatic rings.